The van der Waals surface area contributed by atoms with Crippen molar-refractivity contribution < 1.29 is 18.7 Å². The third-order valence-electron chi connectivity index (χ3n) is 5.33. The van der Waals surface area contributed by atoms with E-state index in [0.717, 1.165) is 11.3 Å². The van der Waals surface area contributed by atoms with Gasteiger partial charge in [-0.15, -0.1) is 11.3 Å². The van der Waals surface area contributed by atoms with Crippen LogP contribution in [0.2, 0.25) is 4.34 Å². The van der Waals surface area contributed by atoms with Crippen LogP contribution in [0.1, 0.15) is 29.3 Å². The highest BCUT2D eigenvalue weighted by atomic mass is 35.5. The van der Waals surface area contributed by atoms with E-state index in [4.69, 9.17) is 16.3 Å². The smallest absolute Gasteiger partial charge is 0.243 e. The van der Waals surface area contributed by atoms with Crippen LogP contribution in [0, 0.1) is 5.82 Å². The van der Waals surface area contributed by atoms with Crippen molar-refractivity contribution in [3.63, 3.8) is 0 Å². The molecule has 1 aromatic heterocycles. The molecule has 1 N–H and O–H groups in total. The van der Waals surface area contributed by atoms with Gasteiger partial charge in [-0.2, -0.15) is 0 Å². The van der Waals surface area contributed by atoms with Crippen LogP contribution in [0.4, 0.5) is 9.39 Å². The van der Waals surface area contributed by atoms with Crippen molar-refractivity contribution in [2.24, 2.45) is 0 Å². The first-order valence-corrected chi connectivity index (χ1v) is 10.2. The number of ketones is 1. The minimum Gasteiger partial charge on any atom is -0.497 e. The summed E-state index contributed by atoms with van der Waals surface area (Å²) in [7, 11) is 1.52. The topological polar surface area (TPSA) is 55.4 Å². The lowest BCUT2D eigenvalue weighted by molar-refractivity contribution is -0.120. The maximum Gasteiger partial charge on any atom is 0.243 e. The second kappa shape index (κ2) is 7.28. The average molecular weight is 430 g/mol. The molecule has 0 fully saturated rings. The third kappa shape index (κ3) is 2.86. The van der Waals surface area contributed by atoms with Crippen molar-refractivity contribution in [3.05, 3.63) is 69.8 Å². The Hall–Kier alpha value is -2.70. The fraction of sp³-hybridized carbons (Fsp3) is 0.182. The van der Waals surface area contributed by atoms with Crippen molar-refractivity contribution in [3.8, 4) is 16.9 Å². The first kappa shape index (κ1) is 19.6. The number of benzene rings is 2. The third-order valence-corrected chi connectivity index (χ3v) is 6.64. The first-order chi connectivity index (χ1) is 13.9. The molecule has 0 spiro atoms. The fourth-order valence-electron chi connectivity index (χ4n) is 3.81. The summed E-state index contributed by atoms with van der Waals surface area (Å²) < 4.78 is 20.1. The molecule has 2 heterocycles. The highest BCUT2D eigenvalue weighted by Gasteiger charge is 2.52. The zero-order chi connectivity index (χ0) is 20.8. The highest BCUT2D eigenvalue weighted by molar-refractivity contribution is 7.21. The quantitative estimate of drug-likeness (QED) is 0.541. The molecule has 0 aliphatic carbocycles. The number of hydrogen-bond acceptors (Lipinski definition) is 4. The van der Waals surface area contributed by atoms with Crippen LogP contribution in [0.15, 0.2) is 48.5 Å². The number of halogens is 2. The van der Waals surface area contributed by atoms with Gasteiger partial charge in [0.25, 0.3) is 0 Å². The van der Waals surface area contributed by atoms with Crippen molar-refractivity contribution in [1.29, 1.82) is 0 Å². The van der Waals surface area contributed by atoms with Gasteiger partial charge in [0.05, 0.1) is 12.7 Å². The first-order valence-electron chi connectivity index (χ1n) is 9.02. The van der Waals surface area contributed by atoms with Gasteiger partial charge in [-0.05, 0) is 30.2 Å². The predicted molar refractivity (Wildman–Crippen MR) is 113 cm³/mol. The zero-order valence-electron chi connectivity index (χ0n) is 15.7. The van der Waals surface area contributed by atoms with Gasteiger partial charge < -0.3 is 10.1 Å². The molecule has 1 amide bonds. The van der Waals surface area contributed by atoms with E-state index in [1.807, 2.05) is 0 Å². The molecule has 29 heavy (non-hydrogen) atoms. The number of hydrogen-bond donors (Lipinski definition) is 1. The molecule has 3 aromatic rings. The number of rotatable bonds is 4. The van der Waals surface area contributed by atoms with Gasteiger partial charge in [-0.25, -0.2) is 4.39 Å². The van der Waals surface area contributed by atoms with Crippen molar-refractivity contribution in [2.45, 2.75) is 18.8 Å². The van der Waals surface area contributed by atoms with Gasteiger partial charge >= 0.3 is 0 Å². The second-order valence-electron chi connectivity index (χ2n) is 6.71. The zero-order valence-corrected chi connectivity index (χ0v) is 17.3. The fourth-order valence-corrected chi connectivity index (χ4v) is 5.18. The van der Waals surface area contributed by atoms with E-state index in [1.54, 1.807) is 49.4 Å². The molecular weight excluding hydrogens is 413 g/mol. The number of nitrogens with one attached hydrogen (secondary N) is 1. The van der Waals surface area contributed by atoms with E-state index in [0.29, 0.717) is 21.9 Å². The largest absolute Gasteiger partial charge is 0.497 e. The normalized spacial score (nSPS) is 18.3. The van der Waals surface area contributed by atoms with Crippen LogP contribution in [0.5, 0.6) is 5.75 Å². The standard InChI is InChI=1S/C22H17ClFNO3S/c1-3-22(12-7-6-8-13(11-12)28-2)18(26)17-16(14-9-4-5-10-15(14)24)19(23)29-20(17)25-21(22)27/h4-11H,3H2,1-2H3,(H,25,27). The number of Topliss-reactive ketones (excluding diaryl/α,β-unsaturated/α-hetero) is 1. The second-order valence-corrected chi connectivity index (χ2v) is 8.33. The summed E-state index contributed by atoms with van der Waals surface area (Å²) in [6.45, 7) is 1.78. The lowest BCUT2D eigenvalue weighted by atomic mass is 9.69. The van der Waals surface area contributed by atoms with Gasteiger partial charge in [0.2, 0.25) is 5.91 Å². The summed E-state index contributed by atoms with van der Waals surface area (Å²) in [5, 5.41) is 3.17. The minimum atomic E-state index is -1.45. The Bertz CT molecular complexity index is 1140. The molecule has 2 aromatic carbocycles. The van der Waals surface area contributed by atoms with E-state index in [9.17, 15) is 14.0 Å². The summed E-state index contributed by atoms with van der Waals surface area (Å²) in [4.78, 5) is 27.0. The molecule has 1 atom stereocenters. The van der Waals surface area contributed by atoms with Gasteiger partial charge in [0, 0.05) is 11.1 Å². The Balaban J connectivity index is 1.97. The van der Waals surface area contributed by atoms with Crippen molar-refractivity contribution >= 4 is 39.6 Å². The molecule has 7 heteroatoms. The number of fused-ring (bicyclic) bond motifs is 1. The van der Waals surface area contributed by atoms with Crippen LogP contribution in [0.3, 0.4) is 0 Å². The van der Waals surface area contributed by atoms with E-state index < -0.39 is 22.9 Å². The maximum absolute atomic E-state index is 14.5. The Morgan fingerprint density at radius 3 is 2.59 bits per heavy atom. The number of carbonyl (C=O) groups excluding carboxylic acids is 2. The number of methoxy groups -OCH3 is 1. The van der Waals surface area contributed by atoms with E-state index >= 15 is 0 Å². The van der Waals surface area contributed by atoms with E-state index in [2.05, 4.69) is 5.32 Å². The molecule has 1 aliphatic rings. The molecule has 1 unspecified atom stereocenters. The summed E-state index contributed by atoms with van der Waals surface area (Å²) in [5.74, 6) is -0.764. The predicted octanol–water partition coefficient (Wildman–Crippen LogP) is 5.70. The summed E-state index contributed by atoms with van der Waals surface area (Å²) in [5.41, 5.74) is -0.138. The van der Waals surface area contributed by atoms with Crippen LogP contribution in [-0.4, -0.2) is 18.8 Å². The molecule has 0 radical (unpaired) electrons. The van der Waals surface area contributed by atoms with E-state index in [-0.39, 0.29) is 21.9 Å². The number of amides is 1. The van der Waals surface area contributed by atoms with Gasteiger partial charge in [0.15, 0.2) is 5.78 Å². The minimum absolute atomic E-state index is 0.231. The van der Waals surface area contributed by atoms with Gasteiger partial charge in [0.1, 0.15) is 26.3 Å². The summed E-state index contributed by atoms with van der Waals surface area (Å²) in [6, 6.07) is 13.0. The SMILES string of the molecule is CCC1(c2cccc(OC)c2)C(=O)Nc2sc(Cl)c(-c3ccccc3F)c2C1=O. The molecule has 148 valence electrons. The Labute approximate surface area is 176 Å². The van der Waals surface area contributed by atoms with Crippen LogP contribution in [-0.2, 0) is 10.2 Å². The number of anilines is 1. The lowest BCUT2D eigenvalue weighted by Crippen LogP contribution is -2.50. The Kier molecular flexibility index (Phi) is 4.92. The van der Waals surface area contributed by atoms with Gasteiger partial charge in [-0.1, -0.05) is 48.9 Å². The van der Waals surface area contributed by atoms with Crippen LogP contribution in [0.25, 0.3) is 11.1 Å². The van der Waals surface area contributed by atoms with Crippen molar-refractivity contribution in [2.75, 3.05) is 12.4 Å². The summed E-state index contributed by atoms with van der Waals surface area (Å²) >= 11 is 7.48. The van der Waals surface area contributed by atoms with Crippen molar-refractivity contribution in [1.82, 2.24) is 0 Å². The monoisotopic (exact) mass is 429 g/mol. The average Bonchev–Trinajstić information content (AvgIpc) is 3.04. The maximum atomic E-state index is 14.5. The molecule has 0 saturated heterocycles. The van der Waals surface area contributed by atoms with Crippen LogP contribution < -0.4 is 10.1 Å². The molecule has 0 bridgehead atoms. The summed E-state index contributed by atoms with van der Waals surface area (Å²) in [6.07, 6.45) is 0.231. The van der Waals surface area contributed by atoms with E-state index in [1.165, 1.54) is 13.2 Å². The lowest BCUT2D eigenvalue weighted by Gasteiger charge is -2.34. The number of carbonyl (C=O) groups is 2. The Morgan fingerprint density at radius 2 is 1.90 bits per heavy atom. The van der Waals surface area contributed by atoms with Crippen LogP contribution >= 0.6 is 22.9 Å². The number of thiophene rings is 1. The highest BCUT2D eigenvalue weighted by Crippen LogP contribution is 2.50. The number of ether oxygens (including phenoxy) is 1. The molecule has 4 nitrogen and oxygen atoms in total. The molecule has 1 aliphatic heterocycles. The Morgan fingerprint density at radius 1 is 1.14 bits per heavy atom. The molecular formula is C22H17ClFNO3S. The molecule has 4 rings (SSSR count). The van der Waals surface area contributed by atoms with Gasteiger partial charge in [-0.3, -0.25) is 9.59 Å². The molecule has 0 saturated carbocycles.